The van der Waals surface area contributed by atoms with Gasteiger partial charge in [0, 0.05) is 28.3 Å². The van der Waals surface area contributed by atoms with Crippen LogP contribution in [-0.4, -0.2) is 11.5 Å². The third kappa shape index (κ3) is 6.46. The van der Waals surface area contributed by atoms with Crippen molar-refractivity contribution in [3.63, 3.8) is 0 Å². The largest absolute Gasteiger partial charge is 0.455 e. The molecule has 3 nitrogen and oxygen atoms in total. The highest BCUT2D eigenvalue weighted by Crippen LogP contribution is 2.37. The number of para-hydroxylation sites is 2. The molecule has 0 saturated carbocycles. The maximum absolute atomic E-state index is 6.38. The Morgan fingerprint density at radius 1 is 0.357 bits per heavy atom. The highest BCUT2D eigenvalue weighted by atomic mass is 16.3. The molecular weight excluding hydrogens is 681 g/mol. The second-order valence-electron chi connectivity index (χ2n) is 14.1. The van der Waals surface area contributed by atoms with E-state index < -0.39 is 0 Å². The number of benzene rings is 8. The van der Waals surface area contributed by atoms with E-state index in [1.807, 2.05) is 18.2 Å². The lowest BCUT2D eigenvalue weighted by Crippen LogP contribution is -2.06. The fraction of sp³-hybridized carbons (Fsp3) is 0.0189. The van der Waals surface area contributed by atoms with E-state index in [0.717, 1.165) is 83.4 Å². The zero-order chi connectivity index (χ0) is 37.3. The van der Waals surface area contributed by atoms with Crippen molar-refractivity contribution in [2.24, 2.45) is 9.98 Å². The van der Waals surface area contributed by atoms with Gasteiger partial charge in [0.15, 0.2) is 5.84 Å². The maximum Gasteiger partial charge on any atom is 0.160 e. The Hall–Kier alpha value is -7.36. The Labute approximate surface area is 326 Å². The molecular formula is C53H36N2O. The summed E-state index contributed by atoms with van der Waals surface area (Å²) in [5.41, 5.74) is 15.8. The zero-order valence-corrected chi connectivity index (χ0v) is 30.6. The Morgan fingerprint density at radius 2 is 0.875 bits per heavy atom. The summed E-state index contributed by atoms with van der Waals surface area (Å²) >= 11 is 0. The predicted octanol–water partition coefficient (Wildman–Crippen LogP) is 13.9. The number of nitrogens with zero attached hydrogens (tertiary/aromatic N) is 2. The molecule has 0 spiro atoms. The number of hydrogen-bond acceptors (Lipinski definition) is 3. The molecule has 9 aromatic rings. The van der Waals surface area contributed by atoms with Crippen molar-refractivity contribution in [3.8, 4) is 44.5 Å². The van der Waals surface area contributed by atoms with E-state index in [-0.39, 0.29) is 0 Å². The average Bonchev–Trinajstić information content (AvgIpc) is 3.51. The van der Waals surface area contributed by atoms with E-state index in [1.165, 1.54) is 11.1 Å². The molecule has 1 aliphatic heterocycles. The first-order chi connectivity index (χ1) is 27.7. The van der Waals surface area contributed by atoms with E-state index in [4.69, 9.17) is 14.4 Å². The summed E-state index contributed by atoms with van der Waals surface area (Å²) < 4.78 is 6.38. The van der Waals surface area contributed by atoms with Crippen LogP contribution in [0.1, 0.15) is 23.1 Å². The third-order valence-corrected chi connectivity index (χ3v) is 10.6. The topological polar surface area (TPSA) is 37.9 Å². The van der Waals surface area contributed by atoms with Gasteiger partial charge in [-0.1, -0.05) is 176 Å². The summed E-state index contributed by atoms with van der Waals surface area (Å²) in [6.45, 7) is 0. The smallest absolute Gasteiger partial charge is 0.160 e. The quantitative estimate of drug-likeness (QED) is 0.162. The Bertz CT molecular complexity index is 2900. The van der Waals surface area contributed by atoms with Crippen molar-refractivity contribution < 1.29 is 4.42 Å². The number of amidine groups is 1. The Morgan fingerprint density at radius 3 is 1.57 bits per heavy atom. The minimum absolute atomic E-state index is 0.618. The van der Waals surface area contributed by atoms with Gasteiger partial charge in [0.25, 0.3) is 0 Å². The number of rotatable bonds is 7. The van der Waals surface area contributed by atoms with Crippen LogP contribution in [0.2, 0.25) is 0 Å². The number of hydrogen-bond donors (Lipinski definition) is 0. The van der Waals surface area contributed by atoms with Crippen molar-refractivity contribution in [2.45, 2.75) is 6.42 Å². The third-order valence-electron chi connectivity index (χ3n) is 10.6. The van der Waals surface area contributed by atoms with Gasteiger partial charge in [0.1, 0.15) is 11.2 Å². The Balaban J connectivity index is 1.09. The van der Waals surface area contributed by atoms with Crippen molar-refractivity contribution >= 4 is 39.2 Å². The van der Waals surface area contributed by atoms with Crippen LogP contribution in [-0.2, 0) is 0 Å². The van der Waals surface area contributed by atoms with Crippen LogP contribution in [0.25, 0.3) is 72.1 Å². The molecule has 0 amide bonds. The molecule has 0 unspecified atom stereocenters. The van der Waals surface area contributed by atoms with Crippen LogP contribution >= 0.6 is 0 Å². The minimum Gasteiger partial charge on any atom is -0.455 e. The fourth-order valence-corrected chi connectivity index (χ4v) is 7.70. The standard InChI is InChI=1S/C53H36N2O/c1-4-14-36(15-5-1)41-20-12-21-42(32-41)53-54-49(40-28-26-39(27-29-40)46-23-13-24-48-47-22-10-11-25-51(47)56-52(46)48)30-31-50(55-53)45-34-43(37-16-6-2-7-17-37)33-44(35-45)38-18-8-3-9-19-38/h1-30,32-35H,31H2. The summed E-state index contributed by atoms with van der Waals surface area (Å²) in [6.07, 6.45) is 2.84. The zero-order valence-electron chi connectivity index (χ0n) is 30.6. The first-order valence-electron chi connectivity index (χ1n) is 19.0. The lowest BCUT2D eigenvalue weighted by Gasteiger charge is -2.12. The van der Waals surface area contributed by atoms with Crippen molar-refractivity contribution in [1.82, 2.24) is 0 Å². The van der Waals surface area contributed by atoms with Gasteiger partial charge >= 0.3 is 0 Å². The number of furan rings is 1. The van der Waals surface area contributed by atoms with Gasteiger partial charge in [0.2, 0.25) is 0 Å². The number of allylic oxidation sites excluding steroid dienone is 1. The lowest BCUT2D eigenvalue weighted by atomic mass is 9.93. The molecule has 1 aromatic heterocycles. The van der Waals surface area contributed by atoms with Crippen LogP contribution in [0.5, 0.6) is 0 Å². The highest BCUT2D eigenvalue weighted by molar-refractivity contribution is 6.16. The highest BCUT2D eigenvalue weighted by Gasteiger charge is 2.18. The van der Waals surface area contributed by atoms with Gasteiger partial charge in [-0.25, -0.2) is 9.98 Å². The number of fused-ring (bicyclic) bond motifs is 3. The first kappa shape index (κ1) is 33.2. The molecule has 1 aliphatic rings. The molecule has 0 bridgehead atoms. The van der Waals surface area contributed by atoms with Crippen LogP contribution < -0.4 is 0 Å². The minimum atomic E-state index is 0.618. The molecule has 56 heavy (non-hydrogen) atoms. The fourth-order valence-electron chi connectivity index (χ4n) is 7.70. The molecule has 0 atom stereocenters. The molecule has 0 fully saturated rings. The van der Waals surface area contributed by atoms with Crippen LogP contribution in [0.4, 0.5) is 0 Å². The second-order valence-corrected chi connectivity index (χ2v) is 14.1. The van der Waals surface area contributed by atoms with Gasteiger partial charge in [-0.15, -0.1) is 0 Å². The van der Waals surface area contributed by atoms with Gasteiger partial charge in [0.05, 0.1) is 11.4 Å². The second kappa shape index (κ2) is 14.5. The normalized spacial score (nSPS) is 12.9. The first-order valence-corrected chi connectivity index (χ1v) is 19.0. The summed E-state index contributed by atoms with van der Waals surface area (Å²) in [7, 11) is 0. The Kier molecular flexibility index (Phi) is 8.58. The molecule has 2 heterocycles. The maximum atomic E-state index is 6.38. The summed E-state index contributed by atoms with van der Waals surface area (Å²) in [6, 6.07) is 70.3. The van der Waals surface area contributed by atoms with E-state index in [0.29, 0.717) is 12.3 Å². The van der Waals surface area contributed by atoms with Crippen molar-refractivity contribution in [2.75, 3.05) is 0 Å². The van der Waals surface area contributed by atoms with E-state index in [1.54, 1.807) is 0 Å². The molecule has 3 heteroatoms. The van der Waals surface area contributed by atoms with E-state index >= 15 is 0 Å². The van der Waals surface area contributed by atoms with Gasteiger partial charge in [-0.3, -0.25) is 0 Å². The van der Waals surface area contributed by atoms with Crippen LogP contribution in [0, 0.1) is 0 Å². The molecule has 264 valence electrons. The molecule has 0 N–H and O–H groups in total. The summed E-state index contributed by atoms with van der Waals surface area (Å²) in [4.78, 5) is 10.8. The lowest BCUT2D eigenvalue weighted by molar-refractivity contribution is 0.670. The molecule has 0 radical (unpaired) electrons. The van der Waals surface area contributed by atoms with Gasteiger partial charge in [-0.05, 0) is 80.4 Å². The molecule has 10 rings (SSSR count). The van der Waals surface area contributed by atoms with E-state index in [2.05, 4.69) is 188 Å². The number of aliphatic imine (C=N–C) groups is 2. The SMILES string of the molecule is C1=C(c2ccc(-c3cccc4c3oc3ccccc34)cc2)N=C(c2cccc(-c3ccccc3)c2)N=C(c2cc(-c3ccccc3)cc(-c3ccccc3)c2)C1. The summed E-state index contributed by atoms with van der Waals surface area (Å²) in [5, 5.41) is 2.25. The van der Waals surface area contributed by atoms with Crippen molar-refractivity contribution in [1.29, 1.82) is 0 Å². The monoisotopic (exact) mass is 716 g/mol. The van der Waals surface area contributed by atoms with Crippen LogP contribution in [0.15, 0.2) is 221 Å². The molecule has 8 aromatic carbocycles. The molecule has 0 saturated heterocycles. The van der Waals surface area contributed by atoms with Crippen molar-refractivity contribution in [3.05, 3.63) is 223 Å². The summed E-state index contributed by atoms with van der Waals surface area (Å²) in [5.74, 6) is 0.684. The van der Waals surface area contributed by atoms with Gasteiger partial charge < -0.3 is 4.42 Å². The van der Waals surface area contributed by atoms with Gasteiger partial charge in [-0.2, -0.15) is 0 Å². The van der Waals surface area contributed by atoms with Crippen LogP contribution in [0.3, 0.4) is 0 Å². The van der Waals surface area contributed by atoms with E-state index in [9.17, 15) is 0 Å². The average molecular weight is 717 g/mol. The molecule has 0 aliphatic carbocycles. The predicted molar refractivity (Wildman–Crippen MR) is 234 cm³/mol.